The van der Waals surface area contributed by atoms with Crippen molar-refractivity contribution in [2.45, 2.75) is 19.5 Å². The topological polar surface area (TPSA) is 50.8 Å². The Morgan fingerprint density at radius 2 is 1.86 bits per heavy atom. The Bertz CT molecular complexity index is 840. The smallest absolute Gasteiger partial charge is 0.422 e. The van der Waals surface area contributed by atoms with E-state index in [-0.39, 0.29) is 18.1 Å². The van der Waals surface area contributed by atoms with E-state index < -0.39 is 18.7 Å². The van der Waals surface area contributed by atoms with Crippen LogP contribution in [0.1, 0.15) is 12.5 Å². The number of rotatable bonds is 7. The van der Waals surface area contributed by atoms with Crippen LogP contribution < -0.4 is 19.7 Å². The van der Waals surface area contributed by atoms with Gasteiger partial charge in [0.15, 0.2) is 24.7 Å². The van der Waals surface area contributed by atoms with Gasteiger partial charge in [0.2, 0.25) is 0 Å². The fourth-order valence-electron chi connectivity index (χ4n) is 3.04. The zero-order chi connectivity index (χ0) is 20.1. The van der Waals surface area contributed by atoms with Gasteiger partial charge < -0.3 is 19.7 Å². The van der Waals surface area contributed by atoms with Crippen LogP contribution >= 0.6 is 0 Å². The molecule has 150 valence electrons. The molecule has 0 saturated heterocycles. The lowest BCUT2D eigenvalue weighted by Crippen LogP contribution is -2.22. The number of para-hydroxylation sites is 2. The molecule has 1 amide bonds. The maximum absolute atomic E-state index is 12.3. The van der Waals surface area contributed by atoms with Gasteiger partial charge in [0, 0.05) is 24.5 Å². The average molecular weight is 394 g/mol. The molecule has 0 aliphatic carbocycles. The van der Waals surface area contributed by atoms with Crippen LogP contribution in [0.3, 0.4) is 0 Å². The largest absolute Gasteiger partial charge is 0.480 e. The summed E-state index contributed by atoms with van der Waals surface area (Å²) in [4.78, 5) is 14.4. The van der Waals surface area contributed by atoms with E-state index in [4.69, 9.17) is 9.47 Å². The van der Waals surface area contributed by atoms with Gasteiger partial charge in [-0.3, -0.25) is 4.79 Å². The predicted octanol–water partition coefficient (Wildman–Crippen LogP) is 4.03. The Labute approximate surface area is 161 Å². The third kappa shape index (κ3) is 5.09. The molecule has 0 spiro atoms. The molecule has 0 aromatic heterocycles. The molecule has 0 unspecified atom stereocenters. The fraction of sp³-hybridized carbons (Fsp3) is 0.350. The highest BCUT2D eigenvalue weighted by Gasteiger charge is 2.29. The molecule has 8 heteroatoms. The van der Waals surface area contributed by atoms with E-state index in [0.29, 0.717) is 5.69 Å². The lowest BCUT2D eigenvalue weighted by molar-refractivity contribution is -0.153. The third-order valence-corrected chi connectivity index (χ3v) is 4.34. The Hall–Kier alpha value is -2.90. The molecule has 1 N–H and O–H groups in total. The Morgan fingerprint density at radius 3 is 2.54 bits per heavy atom. The first kappa shape index (κ1) is 19.9. The van der Waals surface area contributed by atoms with Gasteiger partial charge in [-0.1, -0.05) is 18.2 Å². The van der Waals surface area contributed by atoms with Crippen molar-refractivity contribution in [3.8, 4) is 11.5 Å². The molecular formula is C20H21F3N2O3. The van der Waals surface area contributed by atoms with Crippen molar-refractivity contribution in [3.05, 3.63) is 48.0 Å². The van der Waals surface area contributed by atoms with Gasteiger partial charge in [-0.15, -0.1) is 0 Å². The van der Waals surface area contributed by atoms with Gasteiger partial charge in [0.05, 0.1) is 0 Å². The lowest BCUT2D eigenvalue weighted by Gasteiger charge is -2.17. The molecule has 1 aliphatic heterocycles. The standard InChI is InChI=1S/C20H21F3N2O3/c1-2-25-10-9-14-7-8-15(11-16(14)25)24-19(26)12-27-17-5-3-4-6-18(17)28-13-20(21,22)23/h3-8,11H,2,9-10,12-13H2,1H3,(H,24,26). The summed E-state index contributed by atoms with van der Waals surface area (Å²) in [6.45, 7) is 2.15. The molecule has 0 atom stereocenters. The van der Waals surface area contributed by atoms with Crippen LogP contribution in [0.15, 0.2) is 42.5 Å². The molecule has 5 nitrogen and oxygen atoms in total. The second-order valence-corrected chi connectivity index (χ2v) is 6.36. The number of anilines is 2. The number of hydrogen-bond acceptors (Lipinski definition) is 4. The maximum Gasteiger partial charge on any atom is 0.422 e. The summed E-state index contributed by atoms with van der Waals surface area (Å²) in [6.07, 6.45) is -3.47. The first-order valence-corrected chi connectivity index (χ1v) is 8.95. The van der Waals surface area contributed by atoms with Gasteiger partial charge in [-0.25, -0.2) is 0 Å². The molecule has 1 aliphatic rings. The summed E-state index contributed by atoms with van der Waals surface area (Å²) in [5, 5.41) is 2.75. The predicted molar refractivity (Wildman–Crippen MR) is 100 cm³/mol. The highest BCUT2D eigenvalue weighted by atomic mass is 19.4. The summed E-state index contributed by atoms with van der Waals surface area (Å²) >= 11 is 0. The number of carbonyl (C=O) groups excluding carboxylic acids is 1. The number of nitrogens with zero attached hydrogens (tertiary/aromatic N) is 1. The van der Waals surface area contributed by atoms with Crippen LogP contribution in [-0.4, -0.2) is 38.4 Å². The van der Waals surface area contributed by atoms with Gasteiger partial charge in [0.1, 0.15) is 0 Å². The maximum atomic E-state index is 12.3. The average Bonchev–Trinajstić information content (AvgIpc) is 3.07. The number of carbonyl (C=O) groups is 1. The first-order chi connectivity index (χ1) is 13.4. The minimum atomic E-state index is -4.45. The Morgan fingerprint density at radius 1 is 1.14 bits per heavy atom. The Kier molecular flexibility index (Phi) is 5.96. The van der Waals surface area contributed by atoms with Crippen molar-refractivity contribution in [1.82, 2.24) is 0 Å². The zero-order valence-electron chi connectivity index (χ0n) is 15.4. The molecule has 1 heterocycles. The lowest BCUT2D eigenvalue weighted by atomic mass is 10.1. The molecule has 0 bridgehead atoms. The molecule has 2 aromatic carbocycles. The monoisotopic (exact) mass is 394 g/mol. The minimum Gasteiger partial charge on any atom is -0.480 e. The molecule has 28 heavy (non-hydrogen) atoms. The van der Waals surface area contributed by atoms with Gasteiger partial charge in [-0.2, -0.15) is 13.2 Å². The van der Waals surface area contributed by atoms with Crippen molar-refractivity contribution in [2.75, 3.05) is 36.5 Å². The number of halogens is 3. The Balaban J connectivity index is 1.58. The first-order valence-electron chi connectivity index (χ1n) is 8.95. The number of nitrogens with one attached hydrogen (secondary N) is 1. The molecule has 0 radical (unpaired) electrons. The molecule has 0 saturated carbocycles. The second kappa shape index (κ2) is 8.41. The van der Waals surface area contributed by atoms with Crippen molar-refractivity contribution in [3.63, 3.8) is 0 Å². The van der Waals surface area contributed by atoms with Crippen LogP contribution in [0.2, 0.25) is 0 Å². The number of ether oxygens (including phenoxy) is 2. The summed E-state index contributed by atoms with van der Waals surface area (Å²) in [6, 6.07) is 11.7. The molecule has 2 aromatic rings. The number of amides is 1. The van der Waals surface area contributed by atoms with E-state index >= 15 is 0 Å². The minimum absolute atomic E-state index is 0.0660. The van der Waals surface area contributed by atoms with Crippen LogP contribution in [0, 0.1) is 0 Å². The van der Waals surface area contributed by atoms with Crippen LogP contribution in [0.4, 0.5) is 24.5 Å². The number of fused-ring (bicyclic) bond motifs is 1. The second-order valence-electron chi connectivity index (χ2n) is 6.36. The summed E-state index contributed by atoms with van der Waals surface area (Å²) < 4.78 is 47.1. The van der Waals surface area contributed by atoms with Crippen LogP contribution in [-0.2, 0) is 11.2 Å². The highest BCUT2D eigenvalue weighted by Crippen LogP contribution is 2.31. The van der Waals surface area contributed by atoms with Gasteiger partial charge >= 0.3 is 6.18 Å². The third-order valence-electron chi connectivity index (χ3n) is 4.34. The van der Waals surface area contributed by atoms with Crippen LogP contribution in [0.5, 0.6) is 11.5 Å². The number of alkyl halides is 3. The highest BCUT2D eigenvalue weighted by molar-refractivity contribution is 5.92. The molecule has 3 rings (SSSR count). The molecule has 0 fully saturated rings. The van der Waals surface area contributed by atoms with E-state index in [1.54, 1.807) is 6.07 Å². The van der Waals surface area contributed by atoms with E-state index in [0.717, 1.165) is 25.2 Å². The van der Waals surface area contributed by atoms with Crippen molar-refractivity contribution < 1.29 is 27.4 Å². The van der Waals surface area contributed by atoms with E-state index in [1.807, 2.05) is 18.2 Å². The number of likely N-dealkylation sites (N-methyl/N-ethyl adjacent to an activating group) is 1. The van der Waals surface area contributed by atoms with Gasteiger partial charge in [-0.05, 0) is 43.2 Å². The van der Waals surface area contributed by atoms with Crippen molar-refractivity contribution in [1.29, 1.82) is 0 Å². The zero-order valence-corrected chi connectivity index (χ0v) is 15.4. The SMILES string of the molecule is CCN1CCc2ccc(NC(=O)COc3ccccc3OCC(F)(F)F)cc21. The van der Waals surface area contributed by atoms with E-state index in [2.05, 4.69) is 17.1 Å². The number of benzene rings is 2. The summed E-state index contributed by atoms with van der Waals surface area (Å²) in [5.41, 5.74) is 2.99. The normalized spacial score (nSPS) is 13.2. The molecular weight excluding hydrogens is 373 g/mol. The summed E-state index contributed by atoms with van der Waals surface area (Å²) in [5.74, 6) is -0.400. The van der Waals surface area contributed by atoms with Crippen molar-refractivity contribution >= 4 is 17.3 Å². The number of hydrogen-bond donors (Lipinski definition) is 1. The van der Waals surface area contributed by atoms with Crippen LogP contribution in [0.25, 0.3) is 0 Å². The van der Waals surface area contributed by atoms with Gasteiger partial charge in [0.25, 0.3) is 5.91 Å². The quantitative estimate of drug-likeness (QED) is 0.771. The van der Waals surface area contributed by atoms with E-state index in [9.17, 15) is 18.0 Å². The van der Waals surface area contributed by atoms with Crippen molar-refractivity contribution in [2.24, 2.45) is 0 Å². The summed E-state index contributed by atoms with van der Waals surface area (Å²) in [7, 11) is 0. The van der Waals surface area contributed by atoms with E-state index in [1.165, 1.54) is 23.8 Å². The fourth-order valence-corrected chi connectivity index (χ4v) is 3.04.